The number of carbonyl (C=O) groups excluding carboxylic acids is 1. The molecular formula is C9H15N3O4S. The predicted octanol–water partition coefficient (Wildman–Crippen LogP) is -1.87. The van der Waals surface area contributed by atoms with Gasteiger partial charge in [-0.15, -0.1) is 0 Å². The molecule has 0 aromatic heterocycles. The van der Waals surface area contributed by atoms with Crippen LogP contribution in [-0.4, -0.2) is 64.4 Å². The molecule has 2 fully saturated rings. The minimum atomic E-state index is -0.883. The summed E-state index contributed by atoms with van der Waals surface area (Å²) in [6.07, 6.45) is -0.152. The lowest BCUT2D eigenvalue weighted by Crippen LogP contribution is -2.29. The quantitative estimate of drug-likeness (QED) is 0.410. The molecule has 2 rings (SSSR count). The first kappa shape index (κ1) is 13.8. The molecule has 2 heterocycles. The first-order valence-electron chi connectivity index (χ1n) is 5.09. The molecule has 4 N–H and O–H groups in total. The summed E-state index contributed by atoms with van der Waals surface area (Å²) >= 11 is 4.71. The molecule has 0 bridgehead atoms. The van der Waals surface area contributed by atoms with Gasteiger partial charge in [0.2, 0.25) is 5.91 Å². The minimum absolute atomic E-state index is 0.0162. The number of amides is 1. The van der Waals surface area contributed by atoms with Crippen molar-refractivity contribution >= 4 is 29.2 Å². The Labute approximate surface area is 104 Å². The molecule has 2 saturated heterocycles. The molecule has 96 valence electrons. The van der Waals surface area contributed by atoms with Gasteiger partial charge in [-0.05, 0) is 12.2 Å². The minimum Gasteiger partial charge on any atom is -0.480 e. The van der Waals surface area contributed by atoms with E-state index in [1.807, 2.05) is 0 Å². The zero-order valence-corrected chi connectivity index (χ0v) is 10.2. The number of likely N-dealkylation sites (N-methyl/N-ethyl adjacent to an activating group) is 1. The Morgan fingerprint density at radius 2 is 2.24 bits per heavy atom. The van der Waals surface area contributed by atoms with Crippen molar-refractivity contribution in [3.63, 3.8) is 0 Å². The number of carboxylic acids is 1. The fourth-order valence-electron chi connectivity index (χ4n) is 1.45. The van der Waals surface area contributed by atoms with Crippen molar-refractivity contribution in [3.8, 4) is 0 Å². The van der Waals surface area contributed by atoms with Crippen molar-refractivity contribution in [3.05, 3.63) is 0 Å². The number of nitrogens with zero attached hydrogens (tertiary/aromatic N) is 1. The Morgan fingerprint density at radius 3 is 2.41 bits per heavy atom. The number of hydrogen-bond donors (Lipinski definition) is 4. The van der Waals surface area contributed by atoms with Crippen molar-refractivity contribution in [1.29, 1.82) is 0 Å². The van der Waals surface area contributed by atoms with Crippen molar-refractivity contribution < 1.29 is 19.8 Å². The Bertz CT molecular complexity index is 336. The van der Waals surface area contributed by atoms with Crippen LogP contribution < -0.4 is 10.6 Å². The maximum absolute atomic E-state index is 10.4. The number of aliphatic carboxylic acids is 1. The van der Waals surface area contributed by atoms with E-state index in [0.29, 0.717) is 24.6 Å². The van der Waals surface area contributed by atoms with Crippen molar-refractivity contribution in [1.82, 2.24) is 15.5 Å². The number of aliphatic hydroxyl groups excluding tert-OH is 1. The highest BCUT2D eigenvalue weighted by molar-refractivity contribution is 7.80. The zero-order chi connectivity index (χ0) is 13.0. The SMILES string of the molecule is CN1CC(=O)NC1=S.O=C(O)C1CC(O)CN1. The van der Waals surface area contributed by atoms with Crippen LogP contribution in [0, 0.1) is 0 Å². The monoisotopic (exact) mass is 261 g/mol. The molecule has 0 aromatic carbocycles. The van der Waals surface area contributed by atoms with Gasteiger partial charge in [0.05, 0.1) is 12.6 Å². The van der Waals surface area contributed by atoms with E-state index in [0.717, 1.165) is 0 Å². The highest BCUT2D eigenvalue weighted by Crippen LogP contribution is 2.05. The molecule has 0 aliphatic carbocycles. The summed E-state index contributed by atoms with van der Waals surface area (Å²) in [6.45, 7) is 0.801. The van der Waals surface area contributed by atoms with Crippen LogP contribution >= 0.6 is 12.2 Å². The normalized spacial score (nSPS) is 27.5. The van der Waals surface area contributed by atoms with Crippen LogP contribution in [0.1, 0.15) is 6.42 Å². The lowest BCUT2D eigenvalue weighted by atomic mass is 10.2. The number of thiocarbonyl (C=S) groups is 1. The topological polar surface area (TPSA) is 102 Å². The van der Waals surface area contributed by atoms with E-state index in [1.54, 1.807) is 11.9 Å². The van der Waals surface area contributed by atoms with Crippen molar-refractivity contribution in [2.75, 3.05) is 20.1 Å². The summed E-state index contributed by atoms with van der Waals surface area (Å²) in [4.78, 5) is 22.3. The van der Waals surface area contributed by atoms with E-state index in [2.05, 4.69) is 10.6 Å². The predicted molar refractivity (Wildman–Crippen MR) is 63.4 cm³/mol. The Balaban J connectivity index is 0.000000171. The standard InChI is InChI=1S/C5H9NO3.C4H6N2OS/c7-3-1-4(5(8)9)6-2-3;1-6-2-3(7)5-4(6)8/h3-4,6-7H,1-2H2,(H,8,9);2H2,1H3,(H,5,7,8). The van der Waals surface area contributed by atoms with Crippen LogP contribution in [0.5, 0.6) is 0 Å². The number of rotatable bonds is 1. The van der Waals surface area contributed by atoms with Crippen molar-refractivity contribution in [2.24, 2.45) is 0 Å². The van der Waals surface area contributed by atoms with Gasteiger partial charge < -0.3 is 25.7 Å². The summed E-state index contributed by atoms with van der Waals surface area (Å²) in [5.74, 6) is -0.899. The van der Waals surface area contributed by atoms with Gasteiger partial charge in [-0.1, -0.05) is 0 Å². The zero-order valence-electron chi connectivity index (χ0n) is 9.34. The molecule has 2 atom stereocenters. The molecule has 0 aromatic rings. The fourth-order valence-corrected chi connectivity index (χ4v) is 1.62. The van der Waals surface area contributed by atoms with E-state index >= 15 is 0 Å². The van der Waals surface area contributed by atoms with E-state index in [-0.39, 0.29) is 5.91 Å². The molecule has 2 aliphatic heterocycles. The van der Waals surface area contributed by atoms with E-state index in [9.17, 15) is 9.59 Å². The molecule has 17 heavy (non-hydrogen) atoms. The first-order chi connectivity index (χ1) is 7.90. The molecule has 0 radical (unpaired) electrons. The summed E-state index contributed by atoms with van der Waals surface area (Å²) in [5, 5.41) is 22.8. The van der Waals surface area contributed by atoms with E-state index < -0.39 is 18.1 Å². The average Bonchev–Trinajstić information content (AvgIpc) is 2.75. The van der Waals surface area contributed by atoms with Crippen LogP contribution in [0.15, 0.2) is 0 Å². The van der Waals surface area contributed by atoms with Gasteiger partial charge in [0.25, 0.3) is 0 Å². The number of hydrogen-bond acceptors (Lipinski definition) is 5. The van der Waals surface area contributed by atoms with Gasteiger partial charge in [0.15, 0.2) is 5.11 Å². The summed E-state index contributed by atoms with van der Waals surface area (Å²) in [7, 11) is 1.78. The molecule has 1 amide bonds. The van der Waals surface area contributed by atoms with Gasteiger partial charge >= 0.3 is 5.97 Å². The Kier molecular flexibility index (Phi) is 4.79. The molecular weight excluding hydrogens is 246 g/mol. The summed E-state index contributed by atoms with van der Waals surface area (Å²) in [5.41, 5.74) is 0. The van der Waals surface area contributed by atoms with Crippen molar-refractivity contribution in [2.45, 2.75) is 18.6 Å². The third kappa shape index (κ3) is 4.25. The number of aliphatic hydroxyl groups is 1. The van der Waals surface area contributed by atoms with Crippen LogP contribution in [0.2, 0.25) is 0 Å². The van der Waals surface area contributed by atoms with Gasteiger partial charge in [-0.25, -0.2) is 0 Å². The second kappa shape index (κ2) is 5.89. The van der Waals surface area contributed by atoms with Crippen LogP contribution in [0.3, 0.4) is 0 Å². The Morgan fingerprint density at radius 1 is 1.59 bits per heavy atom. The maximum atomic E-state index is 10.4. The second-order valence-electron chi connectivity index (χ2n) is 3.90. The van der Waals surface area contributed by atoms with Gasteiger partial charge in [-0.3, -0.25) is 9.59 Å². The fraction of sp³-hybridized carbons (Fsp3) is 0.667. The van der Waals surface area contributed by atoms with E-state index in [1.165, 1.54) is 0 Å². The number of β-amino-alcohol motifs (C(OH)–C–C–N with tert-alkyl or cyclic N) is 1. The average molecular weight is 261 g/mol. The Hall–Kier alpha value is -1.25. The highest BCUT2D eigenvalue weighted by Gasteiger charge is 2.27. The van der Waals surface area contributed by atoms with Gasteiger partial charge in [0, 0.05) is 20.0 Å². The lowest BCUT2D eigenvalue weighted by molar-refractivity contribution is -0.139. The molecule has 0 saturated carbocycles. The highest BCUT2D eigenvalue weighted by atomic mass is 32.1. The lowest BCUT2D eigenvalue weighted by Gasteiger charge is -2.03. The molecule has 0 spiro atoms. The number of nitrogens with one attached hydrogen (secondary N) is 2. The van der Waals surface area contributed by atoms with Gasteiger partial charge in [0.1, 0.15) is 6.04 Å². The van der Waals surface area contributed by atoms with Gasteiger partial charge in [-0.2, -0.15) is 0 Å². The molecule has 8 heteroatoms. The largest absolute Gasteiger partial charge is 0.480 e. The first-order valence-corrected chi connectivity index (χ1v) is 5.50. The third-order valence-corrected chi connectivity index (χ3v) is 2.79. The smallest absolute Gasteiger partial charge is 0.320 e. The van der Waals surface area contributed by atoms with Crippen LogP contribution in [-0.2, 0) is 9.59 Å². The summed E-state index contributed by atoms with van der Waals surface area (Å²) < 4.78 is 0. The number of carboxylic acid groups (broad SMARTS) is 1. The van der Waals surface area contributed by atoms with E-state index in [4.69, 9.17) is 22.4 Å². The molecule has 7 nitrogen and oxygen atoms in total. The third-order valence-electron chi connectivity index (χ3n) is 2.38. The number of carbonyl (C=O) groups is 2. The van der Waals surface area contributed by atoms with Crippen LogP contribution in [0.4, 0.5) is 0 Å². The second-order valence-corrected chi connectivity index (χ2v) is 4.28. The molecule has 2 aliphatic rings. The maximum Gasteiger partial charge on any atom is 0.320 e. The molecule has 2 unspecified atom stereocenters. The van der Waals surface area contributed by atoms with Crippen LogP contribution in [0.25, 0.3) is 0 Å². The summed E-state index contributed by atoms with van der Waals surface area (Å²) in [6, 6.07) is -0.542.